The van der Waals surface area contributed by atoms with Gasteiger partial charge >= 0.3 is 0 Å². The van der Waals surface area contributed by atoms with Crippen LogP contribution in [0.15, 0.2) is 12.4 Å². The number of hydrogen-bond acceptors (Lipinski definition) is 2. The van der Waals surface area contributed by atoms with Crippen LogP contribution < -0.4 is 0 Å². The van der Waals surface area contributed by atoms with E-state index in [1.54, 1.807) is 0 Å². The summed E-state index contributed by atoms with van der Waals surface area (Å²) >= 11 is 0. The molecular weight excluding hydrogens is 316 g/mol. The summed E-state index contributed by atoms with van der Waals surface area (Å²) in [5, 5.41) is 0. The van der Waals surface area contributed by atoms with E-state index in [1.807, 2.05) is 0 Å². The highest BCUT2D eigenvalue weighted by Gasteiger charge is 2.22. The van der Waals surface area contributed by atoms with Gasteiger partial charge < -0.3 is 9.80 Å². The van der Waals surface area contributed by atoms with Crippen LogP contribution in [0, 0.1) is 0 Å². The van der Waals surface area contributed by atoms with Crippen LogP contribution in [-0.2, 0) is 0 Å². The molecule has 0 aromatic heterocycles. The molecule has 154 valence electrons. The second kappa shape index (κ2) is 16.5. The second-order valence-corrected chi connectivity index (χ2v) is 8.42. The Hall–Kier alpha value is -0.660. The Morgan fingerprint density at radius 2 is 1.04 bits per heavy atom. The number of hydrogen-bond donors (Lipinski definition) is 0. The van der Waals surface area contributed by atoms with Crippen molar-refractivity contribution in [3.05, 3.63) is 12.4 Å². The average Bonchev–Trinajstić information content (AvgIpc) is 2.99. The van der Waals surface area contributed by atoms with Crippen molar-refractivity contribution in [3.8, 4) is 0 Å². The zero-order chi connectivity index (χ0) is 18.9. The Labute approximate surface area is 165 Å². The van der Waals surface area contributed by atoms with Crippen LogP contribution in [-0.4, -0.2) is 29.6 Å². The summed E-state index contributed by atoms with van der Waals surface area (Å²) in [4.78, 5) is 4.98. The smallest absolute Gasteiger partial charge is 0.100 e. The Morgan fingerprint density at radius 3 is 1.58 bits per heavy atom. The quantitative estimate of drug-likeness (QED) is 0.230. The van der Waals surface area contributed by atoms with Gasteiger partial charge in [0.1, 0.15) is 6.17 Å². The van der Waals surface area contributed by atoms with Crippen LogP contribution >= 0.6 is 0 Å². The molecule has 0 aromatic rings. The Balaban J connectivity index is 1.90. The predicted molar refractivity (Wildman–Crippen MR) is 117 cm³/mol. The first kappa shape index (κ1) is 23.4. The molecule has 0 aliphatic carbocycles. The molecular formula is C24H48N2. The molecule has 0 spiro atoms. The summed E-state index contributed by atoms with van der Waals surface area (Å²) < 4.78 is 0. The molecule has 0 fully saturated rings. The zero-order valence-electron chi connectivity index (χ0n) is 18.4. The molecule has 1 aliphatic rings. The minimum Gasteiger partial charge on any atom is -0.359 e. The Morgan fingerprint density at radius 1 is 0.577 bits per heavy atom. The summed E-state index contributed by atoms with van der Waals surface area (Å²) in [6.45, 7) is 5.84. The van der Waals surface area contributed by atoms with Gasteiger partial charge in [0, 0.05) is 26.0 Å². The fourth-order valence-corrected chi connectivity index (χ4v) is 4.11. The molecule has 0 saturated carbocycles. The van der Waals surface area contributed by atoms with Crippen molar-refractivity contribution in [2.24, 2.45) is 0 Å². The maximum Gasteiger partial charge on any atom is 0.100 e. The molecule has 1 unspecified atom stereocenters. The lowest BCUT2D eigenvalue weighted by molar-refractivity contribution is 0.159. The first-order valence-corrected chi connectivity index (χ1v) is 12.0. The first-order chi connectivity index (χ1) is 12.8. The van der Waals surface area contributed by atoms with Crippen molar-refractivity contribution in [2.45, 2.75) is 129 Å². The molecule has 1 rings (SSSR count). The van der Waals surface area contributed by atoms with Crippen LogP contribution in [0.1, 0.15) is 123 Å². The summed E-state index contributed by atoms with van der Waals surface area (Å²) in [5.41, 5.74) is 0. The molecule has 0 aromatic carbocycles. The third-order valence-corrected chi connectivity index (χ3v) is 5.93. The molecule has 2 nitrogen and oxygen atoms in total. The van der Waals surface area contributed by atoms with E-state index in [-0.39, 0.29) is 0 Å². The van der Waals surface area contributed by atoms with Crippen molar-refractivity contribution in [1.29, 1.82) is 0 Å². The number of unbranched alkanes of at least 4 members (excludes halogenated alkanes) is 14. The summed E-state index contributed by atoms with van der Waals surface area (Å²) in [7, 11) is 2.23. The van der Waals surface area contributed by atoms with Gasteiger partial charge in [0.2, 0.25) is 0 Å². The SMILES string of the molecule is CCCCCCCCCCCCCCCN1C=CN(C)C1CCCCC. The van der Waals surface area contributed by atoms with Crippen LogP contribution in [0.3, 0.4) is 0 Å². The van der Waals surface area contributed by atoms with Gasteiger partial charge in [-0.25, -0.2) is 0 Å². The van der Waals surface area contributed by atoms with E-state index in [2.05, 4.69) is 43.1 Å². The highest BCUT2D eigenvalue weighted by atomic mass is 15.4. The van der Waals surface area contributed by atoms with Crippen molar-refractivity contribution in [1.82, 2.24) is 9.80 Å². The summed E-state index contributed by atoms with van der Waals surface area (Å²) in [5.74, 6) is 0. The van der Waals surface area contributed by atoms with E-state index < -0.39 is 0 Å². The lowest BCUT2D eigenvalue weighted by Gasteiger charge is -2.30. The molecule has 0 radical (unpaired) electrons. The fraction of sp³-hybridized carbons (Fsp3) is 0.917. The van der Waals surface area contributed by atoms with E-state index >= 15 is 0 Å². The molecule has 0 N–H and O–H groups in total. The van der Waals surface area contributed by atoms with Crippen molar-refractivity contribution in [2.75, 3.05) is 13.6 Å². The van der Waals surface area contributed by atoms with Gasteiger partial charge in [0.15, 0.2) is 0 Å². The molecule has 1 aliphatic heterocycles. The Bertz CT molecular complexity index is 326. The predicted octanol–water partition coefficient (Wildman–Crippen LogP) is 7.70. The molecule has 0 amide bonds. The van der Waals surface area contributed by atoms with Crippen LogP contribution in [0.4, 0.5) is 0 Å². The molecule has 1 heterocycles. The normalized spacial score (nSPS) is 16.8. The van der Waals surface area contributed by atoms with Gasteiger partial charge in [-0.3, -0.25) is 0 Å². The largest absolute Gasteiger partial charge is 0.359 e. The molecule has 0 bridgehead atoms. The molecule has 0 saturated heterocycles. The lowest BCUT2D eigenvalue weighted by atomic mass is 10.0. The number of rotatable bonds is 18. The van der Waals surface area contributed by atoms with Gasteiger partial charge in [0.25, 0.3) is 0 Å². The molecule has 2 heteroatoms. The van der Waals surface area contributed by atoms with E-state index in [0.29, 0.717) is 6.17 Å². The molecule has 1 atom stereocenters. The van der Waals surface area contributed by atoms with E-state index in [0.717, 1.165) is 0 Å². The van der Waals surface area contributed by atoms with Gasteiger partial charge in [-0.1, -0.05) is 104 Å². The third kappa shape index (κ3) is 11.1. The fourth-order valence-electron chi connectivity index (χ4n) is 4.11. The van der Waals surface area contributed by atoms with E-state index in [1.165, 1.54) is 116 Å². The first-order valence-electron chi connectivity index (χ1n) is 12.0. The van der Waals surface area contributed by atoms with Crippen LogP contribution in [0.25, 0.3) is 0 Å². The van der Waals surface area contributed by atoms with Gasteiger partial charge in [0.05, 0.1) is 0 Å². The van der Waals surface area contributed by atoms with Gasteiger partial charge in [-0.05, 0) is 19.3 Å². The van der Waals surface area contributed by atoms with Crippen LogP contribution in [0.5, 0.6) is 0 Å². The molecule has 26 heavy (non-hydrogen) atoms. The standard InChI is InChI=1S/C24H48N2/c1-4-6-8-9-10-11-12-13-14-15-16-17-19-21-26-23-22-25(3)24(26)20-18-7-5-2/h22-24H,4-21H2,1-3H3. The maximum absolute atomic E-state index is 2.58. The zero-order valence-corrected chi connectivity index (χ0v) is 18.4. The highest BCUT2D eigenvalue weighted by Crippen LogP contribution is 2.21. The number of nitrogens with zero attached hydrogens (tertiary/aromatic N) is 2. The van der Waals surface area contributed by atoms with Crippen molar-refractivity contribution >= 4 is 0 Å². The van der Waals surface area contributed by atoms with E-state index in [4.69, 9.17) is 0 Å². The average molecular weight is 365 g/mol. The lowest BCUT2D eigenvalue weighted by Crippen LogP contribution is -2.36. The monoisotopic (exact) mass is 364 g/mol. The third-order valence-electron chi connectivity index (χ3n) is 5.93. The van der Waals surface area contributed by atoms with Crippen LogP contribution in [0.2, 0.25) is 0 Å². The topological polar surface area (TPSA) is 6.48 Å². The maximum atomic E-state index is 2.58. The summed E-state index contributed by atoms with van der Waals surface area (Å²) in [6.07, 6.45) is 29.3. The minimum atomic E-state index is 0.624. The van der Waals surface area contributed by atoms with Gasteiger partial charge in [-0.15, -0.1) is 0 Å². The van der Waals surface area contributed by atoms with Crippen molar-refractivity contribution in [3.63, 3.8) is 0 Å². The van der Waals surface area contributed by atoms with Gasteiger partial charge in [-0.2, -0.15) is 0 Å². The second-order valence-electron chi connectivity index (χ2n) is 8.42. The summed E-state index contributed by atoms with van der Waals surface area (Å²) in [6, 6.07) is 0. The Kier molecular flexibility index (Phi) is 14.8. The highest BCUT2D eigenvalue weighted by molar-refractivity contribution is 4.95. The minimum absolute atomic E-state index is 0.624. The van der Waals surface area contributed by atoms with E-state index in [9.17, 15) is 0 Å². The van der Waals surface area contributed by atoms with Crippen molar-refractivity contribution < 1.29 is 0 Å².